The van der Waals surface area contributed by atoms with E-state index in [1.54, 1.807) is 0 Å². The zero-order valence-corrected chi connectivity index (χ0v) is 18.1. The van der Waals surface area contributed by atoms with Crippen molar-refractivity contribution in [1.82, 2.24) is 9.88 Å². The van der Waals surface area contributed by atoms with Gasteiger partial charge in [-0.25, -0.2) is 0 Å². The van der Waals surface area contributed by atoms with Crippen LogP contribution in [-0.4, -0.2) is 53.7 Å². The number of benzene rings is 2. The number of aromatic nitrogens is 1. The molecule has 0 bridgehead atoms. The third-order valence-electron chi connectivity index (χ3n) is 5.63. The Hall–Kier alpha value is -2.25. The molecule has 6 nitrogen and oxygen atoms in total. The number of fused-ring (bicyclic) bond motifs is 1. The van der Waals surface area contributed by atoms with E-state index in [4.69, 9.17) is 17.3 Å². The van der Waals surface area contributed by atoms with Gasteiger partial charge in [-0.05, 0) is 60.5 Å². The van der Waals surface area contributed by atoms with E-state index in [1.165, 1.54) is 0 Å². The first kappa shape index (κ1) is 22.4. The summed E-state index contributed by atoms with van der Waals surface area (Å²) < 4.78 is 0. The van der Waals surface area contributed by atoms with Gasteiger partial charge >= 0.3 is 5.97 Å². The van der Waals surface area contributed by atoms with Crippen LogP contribution in [0.2, 0.25) is 5.02 Å². The topological polar surface area (TPSA) is 85.6 Å². The fraction of sp³-hybridized carbons (Fsp3) is 0.318. The molecule has 3 aromatic rings. The van der Waals surface area contributed by atoms with E-state index in [9.17, 15) is 9.90 Å². The fourth-order valence-corrected chi connectivity index (χ4v) is 4.25. The predicted octanol–water partition coefficient (Wildman–Crippen LogP) is 3.69. The van der Waals surface area contributed by atoms with Gasteiger partial charge in [0.2, 0.25) is 0 Å². The summed E-state index contributed by atoms with van der Waals surface area (Å²) in [5.74, 6) is -0.819. The van der Waals surface area contributed by atoms with Crippen molar-refractivity contribution in [1.29, 1.82) is 0 Å². The Morgan fingerprint density at radius 2 is 1.83 bits per heavy atom. The number of carboxylic acid groups (broad SMARTS) is 1. The number of carbonyl (C=O) groups is 1. The molecule has 8 heteroatoms. The number of H-pyrrole nitrogens is 1. The number of anilines is 1. The maximum atomic E-state index is 12.2. The van der Waals surface area contributed by atoms with E-state index in [0.717, 1.165) is 47.2 Å². The molecule has 4 rings (SSSR count). The number of piperazine rings is 1. The average Bonchev–Trinajstić information content (AvgIpc) is 3.12. The second kappa shape index (κ2) is 9.71. The lowest BCUT2D eigenvalue weighted by molar-refractivity contribution is -0.143. The Morgan fingerprint density at radius 1 is 1.13 bits per heavy atom. The molecule has 0 aliphatic carbocycles. The lowest BCUT2D eigenvalue weighted by Gasteiger charge is -2.39. The number of nitrogens with zero attached hydrogens (tertiary/aromatic N) is 2. The van der Waals surface area contributed by atoms with Crippen molar-refractivity contribution in [3.63, 3.8) is 0 Å². The number of rotatable bonds is 6. The minimum Gasteiger partial charge on any atom is -0.480 e. The average molecular weight is 449 g/mol. The van der Waals surface area contributed by atoms with Crippen molar-refractivity contribution in [3.8, 4) is 0 Å². The van der Waals surface area contributed by atoms with Crippen molar-refractivity contribution in [2.45, 2.75) is 12.5 Å². The van der Waals surface area contributed by atoms with Crippen molar-refractivity contribution >= 4 is 46.6 Å². The molecule has 0 spiro atoms. The van der Waals surface area contributed by atoms with Gasteiger partial charge in [0.1, 0.15) is 6.04 Å². The Labute approximate surface area is 187 Å². The highest BCUT2D eigenvalue weighted by atomic mass is 35.5. The lowest BCUT2D eigenvalue weighted by atomic mass is 10.0. The number of hydrogen-bond acceptors (Lipinski definition) is 4. The molecule has 1 atom stereocenters. The van der Waals surface area contributed by atoms with Crippen LogP contribution in [0.4, 0.5) is 5.69 Å². The Bertz CT molecular complexity index is 998. The third kappa shape index (κ3) is 4.57. The van der Waals surface area contributed by atoms with Gasteiger partial charge in [-0.2, -0.15) is 0 Å². The molecule has 1 aliphatic rings. The van der Waals surface area contributed by atoms with Gasteiger partial charge in [0.05, 0.1) is 0 Å². The maximum Gasteiger partial charge on any atom is 0.325 e. The second-order valence-corrected chi connectivity index (χ2v) is 7.83. The van der Waals surface area contributed by atoms with Crippen molar-refractivity contribution in [2.75, 3.05) is 37.6 Å². The molecule has 1 aliphatic heterocycles. The molecule has 160 valence electrons. The standard InChI is InChI=1S/C22H25ClN4O2.ClH/c23-17-2-4-18(5-3-17)26-9-11-27(12-10-26)21(22(28)29)15-1-6-20-19(13-15)16(7-8-24)14-25-20;/h1-6,13-14,21,25H,7-12,24H2,(H,28,29);1H. The van der Waals surface area contributed by atoms with E-state index in [-0.39, 0.29) is 12.4 Å². The number of hydrogen-bond donors (Lipinski definition) is 3. The monoisotopic (exact) mass is 448 g/mol. The highest BCUT2D eigenvalue weighted by Crippen LogP contribution is 2.29. The molecular weight excluding hydrogens is 423 g/mol. The summed E-state index contributed by atoms with van der Waals surface area (Å²) in [5.41, 5.74) is 9.77. The van der Waals surface area contributed by atoms with Gasteiger partial charge < -0.3 is 20.7 Å². The number of aromatic amines is 1. The molecule has 1 unspecified atom stereocenters. The van der Waals surface area contributed by atoms with Crippen molar-refractivity contribution in [2.24, 2.45) is 5.73 Å². The number of nitrogens with one attached hydrogen (secondary N) is 1. The minimum atomic E-state index is -0.819. The van der Waals surface area contributed by atoms with Crippen LogP contribution >= 0.6 is 24.0 Å². The molecule has 1 aromatic heterocycles. The number of nitrogens with two attached hydrogens (primary N) is 1. The van der Waals surface area contributed by atoms with Crippen LogP contribution in [0.1, 0.15) is 17.2 Å². The lowest BCUT2D eigenvalue weighted by Crippen LogP contribution is -2.49. The van der Waals surface area contributed by atoms with Crippen LogP contribution in [0.5, 0.6) is 0 Å². The van der Waals surface area contributed by atoms with E-state index in [2.05, 4.69) is 9.88 Å². The molecule has 0 radical (unpaired) electrons. The smallest absolute Gasteiger partial charge is 0.325 e. The summed E-state index contributed by atoms with van der Waals surface area (Å²) in [6.07, 6.45) is 2.73. The van der Waals surface area contributed by atoms with Crippen LogP contribution < -0.4 is 10.6 Å². The summed E-state index contributed by atoms with van der Waals surface area (Å²) in [6, 6.07) is 13.0. The molecular formula is C22H26Cl2N4O2. The van der Waals surface area contributed by atoms with Crippen LogP contribution in [-0.2, 0) is 11.2 Å². The van der Waals surface area contributed by atoms with Gasteiger partial charge in [0, 0.05) is 54.0 Å². The van der Waals surface area contributed by atoms with Gasteiger partial charge in [-0.1, -0.05) is 17.7 Å². The van der Waals surface area contributed by atoms with Crippen LogP contribution in [0, 0.1) is 0 Å². The van der Waals surface area contributed by atoms with Gasteiger partial charge in [-0.3, -0.25) is 9.69 Å². The first-order valence-electron chi connectivity index (χ1n) is 9.84. The molecule has 2 heterocycles. The quantitative estimate of drug-likeness (QED) is 0.535. The summed E-state index contributed by atoms with van der Waals surface area (Å²) in [6.45, 7) is 3.47. The molecule has 0 amide bonds. The van der Waals surface area contributed by atoms with Crippen molar-refractivity contribution < 1.29 is 9.90 Å². The first-order valence-corrected chi connectivity index (χ1v) is 10.2. The zero-order valence-electron chi connectivity index (χ0n) is 16.6. The number of carboxylic acids is 1. The molecule has 2 aromatic carbocycles. The number of halogens is 2. The molecule has 0 saturated carbocycles. The highest BCUT2D eigenvalue weighted by molar-refractivity contribution is 6.30. The minimum absolute atomic E-state index is 0. The van der Waals surface area contributed by atoms with E-state index in [1.807, 2.05) is 53.6 Å². The van der Waals surface area contributed by atoms with Gasteiger partial charge in [0.15, 0.2) is 0 Å². The zero-order chi connectivity index (χ0) is 20.4. The van der Waals surface area contributed by atoms with Crippen LogP contribution in [0.3, 0.4) is 0 Å². The molecule has 1 saturated heterocycles. The largest absolute Gasteiger partial charge is 0.480 e. The summed E-state index contributed by atoms with van der Waals surface area (Å²) in [4.78, 5) is 19.7. The van der Waals surface area contributed by atoms with Crippen molar-refractivity contribution in [3.05, 3.63) is 64.8 Å². The number of aliphatic carboxylic acids is 1. The fourth-order valence-electron chi connectivity index (χ4n) is 4.13. The first-order chi connectivity index (χ1) is 14.1. The van der Waals surface area contributed by atoms with Crippen LogP contribution in [0.15, 0.2) is 48.7 Å². The summed E-state index contributed by atoms with van der Waals surface area (Å²) in [5, 5.41) is 11.8. The van der Waals surface area contributed by atoms with Gasteiger partial charge in [-0.15, -0.1) is 12.4 Å². The molecule has 4 N–H and O–H groups in total. The summed E-state index contributed by atoms with van der Waals surface area (Å²) >= 11 is 5.98. The van der Waals surface area contributed by atoms with E-state index in [0.29, 0.717) is 24.7 Å². The van der Waals surface area contributed by atoms with E-state index >= 15 is 0 Å². The predicted molar refractivity (Wildman–Crippen MR) is 124 cm³/mol. The Balaban J connectivity index is 0.00000256. The molecule has 30 heavy (non-hydrogen) atoms. The van der Waals surface area contributed by atoms with Gasteiger partial charge in [0.25, 0.3) is 0 Å². The van der Waals surface area contributed by atoms with Crippen LogP contribution in [0.25, 0.3) is 10.9 Å². The third-order valence-corrected chi connectivity index (χ3v) is 5.88. The Morgan fingerprint density at radius 3 is 2.47 bits per heavy atom. The Kier molecular flexibility index (Phi) is 7.26. The highest BCUT2D eigenvalue weighted by Gasteiger charge is 2.30. The SMILES string of the molecule is Cl.NCCc1c[nH]c2ccc(C(C(=O)O)N3CCN(c4ccc(Cl)cc4)CC3)cc12. The molecule has 1 fully saturated rings. The second-order valence-electron chi connectivity index (χ2n) is 7.40. The van der Waals surface area contributed by atoms with E-state index < -0.39 is 12.0 Å². The maximum absolute atomic E-state index is 12.2. The summed E-state index contributed by atoms with van der Waals surface area (Å²) in [7, 11) is 0. The normalized spacial score (nSPS) is 15.7.